The van der Waals surface area contributed by atoms with Crippen LogP contribution in [0.4, 0.5) is 5.69 Å². The highest BCUT2D eigenvalue weighted by atomic mass is 35.5. The lowest BCUT2D eigenvalue weighted by Crippen LogP contribution is -2.19. The summed E-state index contributed by atoms with van der Waals surface area (Å²) in [7, 11) is 3.48. The van der Waals surface area contributed by atoms with Crippen molar-refractivity contribution in [1.29, 1.82) is 0 Å². The van der Waals surface area contributed by atoms with Gasteiger partial charge in [0, 0.05) is 24.0 Å². The maximum atomic E-state index is 13.3. The standard InChI is InChI=1S/C23H21ClN4O2S2/c1-28-20(14-17-9-6-12-31-17)26-27-23(28)32-21(15-7-4-3-5-8-15)22(29)25-16-10-11-19(30-2)18(24)13-16/h3-13,21H,14H2,1-2H3,(H,25,29). The number of anilines is 1. The summed E-state index contributed by atoms with van der Waals surface area (Å²) in [5.41, 5.74) is 1.47. The van der Waals surface area contributed by atoms with Gasteiger partial charge in [0.15, 0.2) is 5.16 Å². The maximum Gasteiger partial charge on any atom is 0.242 e. The Balaban J connectivity index is 1.57. The van der Waals surface area contributed by atoms with E-state index in [2.05, 4.69) is 21.6 Å². The molecule has 1 amide bonds. The van der Waals surface area contributed by atoms with E-state index in [4.69, 9.17) is 16.3 Å². The lowest BCUT2D eigenvalue weighted by Gasteiger charge is -2.17. The van der Waals surface area contributed by atoms with Crippen molar-refractivity contribution in [3.63, 3.8) is 0 Å². The smallest absolute Gasteiger partial charge is 0.242 e. The summed E-state index contributed by atoms with van der Waals surface area (Å²) in [6.45, 7) is 0. The molecular formula is C23H21ClN4O2S2. The molecule has 0 spiro atoms. The number of nitrogens with zero attached hydrogens (tertiary/aromatic N) is 3. The van der Waals surface area contributed by atoms with Crippen LogP contribution < -0.4 is 10.1 Å². The molecule has 4 rings (SSSR count). The van der Waals surface area contributed by atoms with Gasteiger partial charge in [0.25, 0.3) is 0 Å². The Morgan fingerprint density at radius 2 is 2.00 bits per heavy atom. The van der Waals surface area contributed by atoms with Crippen molar-refractivity contribution in [2.24, 2.45) is 7.05 Å². The maximum absolute atomic E-state index is 13.3. The Hall–Kier alpha value is -2.81. The molecule has 0 aliphatic rings. The number of hydrogen-bond donors (Lipinski definition) is 1. The Morgan fingerprint density at radius 1 is 1.19 bits per heavy atom. The number of halogens is 1. The van der Waals surface area contributed by atoms with Crippen molar-refractivity contribution >= 4 is 46.3 Å². The lowest BCUT2D eigenvalue weighted by atomic mass is 10.1. The number of thiophene rings is 1. The molecule has 9 heteroatoms. The SMILES string of the molecule is COc1ccc(NC(=O)C(Sc2nnc(Cc3cccs3)n2C)c2ccccc2)cc1Cl. The van der Waals surface area contributed by atoms with E-state index in [1.807, 2.05) is 53.4 Å². The molecule has 0 bridgehead atoms. The van der Waals surface area contributed by atoms with Gasteiger partial charge in [-0.15, -0.1) is 21.5 Å². The molecule has 2 heterocycles. The molecule has 0 aliphatic carbocycles. The van der Waals surface area contributed by atoms with E-state index >= 15 is 0 Å². The van der Waals surface area contributed by atoms with Crippen LogP contribution in [-0.4, -0.2) is 27.8 Å². The molecule has 0 aliphatic heterocycles. The van der Waals surface area contributed by atoms with Gasteiger partial charge in [0.2, 0.25) is 5.91 Å². The van der Waals surface area contributed by atoms with Crippen LogP contribution in [-0.2, 0) is 18.3 Å². The molecule has 0 saturated carbocycles. The quantitative estimate of drug-likeness (QED) is 0.329. The van der Waals surface area contributed by atoms with Gasteiger partial charge in [-0.05, 0) is 35.2 Å². The Bertz CT molecular complexity index is 1200. The molecule has 2 aromatic heterocycles. The molecule has 1 unspecified atom stereocenters. The summed E-state index contributed by atoms with van der Waals surface area (Å²) in [6.07, 6.45) is 0.703. The number of hydrogen-bond acceptors (Lipinski definition) is 6. The minimum absolute atomic E-state index is 0.176. The number of carbonyl (C=O) groups is 1. The number of aromatic nitrogens is 3. The van der Waals surface area contributed by atoms with Gasteiger partial charge in [-0.3, -0.25) is 4.79 Å². The summed E-state index contributed by atoms with van der Waals surface area (Å²) in [5, 5.41) is 14.3. The zero-order valence-corrected chi connectivity index (χ0v) is 19.9. The van der Waals surface area contributed by atoms with Crippen molar-refractivity contribution in [2.75, 3.05) is 12.4 Å². The van der Waals surface area contributed by atoms with Crippen molar-refractivity contribution in [2.45, 2.75) is 16.8 Å². The summed E-state index contributed by atoms with van der Waals surface area (Å²) in [6, 6.07) is 18.9. The molecule has 1 N–H and O–H groups in total. The van der Waals surface area contributed by atoms with Crippen LogP contribution in [0.15, 0.2) is 71.2 Å². The number of carbonyl (C=O) groups excluding carboxylic acids is 1. The first-order valence-corrected chi connectivity index (χ1v) is 12.0. The molecule has 6 nitrogen and oxygen atoms in total. The number of benzene rings is 2. The molecule has 0 saturated heterocycles. The summed E-state index contributed by atoms with van der Waals surface area (Å²) in [5.74, 6) is 1.23. The molecule has 0 fully saturated rings. The Morgan fingerprint density at radius 3 is 2.69 bits per heavy atom. The normalized spacial score (nSPS) is 11.8. The first-order chi connectivity index (χ1) is 15.5. The minimum Gasteiger partial charge on any atom is -0.495 e. The number of rotatable bonds is 8. The second-order valence-corrected chi connectivity index (χ2v) is 9.47. The van der Waals surface area contributed by atoms with Gasteiger partial charge in [-0.2, -0.15) is 0 Å². The van der Waals surface area contributed by atoms with Crippen LogP contribution in [0.3, 0.4) is 0 Å². The van der Waals surface area contributed by atoms with E-state index in [-0.39, 0.29) is 5.91 Å². The average molecular weight is 485 g/mol. The largest absolute Gasteiger partial charge is 0.495 e. The van der Waals surface area contributed by atoms with Crippen molar-refractivity contribution in [3.8, 4) is 5.75 Å². The Kier molecular flexibility index (Phi) is 7.14. The second-order valence-electron chi connectivity index (χ2n) is 6.96. The summed E-state index contributed by atoms with van der Waals surface area (Å²) in [4.78, 5) is 14.5. The van der Waals surface area contributed by atoms with Gasteiger partial charge < -0.3 is 14.6 Å². The molecular weight excluding hydrogens is 464 g/mol. The third-order valence-electron chi connectivity index (χ3n) is 4.82. The predicted octanol–water partition coefficient (Wildman–Crippen LogP) is 5.60. The lowest BCUT2D eigenvalue weighted by molar-refractivity contribution is -0.115. The van der Waals surface area contributed by atoms with E-state index in [1.54, 1.807) is 36.6 Å². The molecule has 0 radical (unpaired) electrons. The van der Waals surface area contributed by atoms with Crippen LogP contribution in [0.25, 0.3) is 0 Å². The first-order valence-electron chi connectivity index (χ1n) is 9.82. The van der Waals surface area contributed by atoms with Gasteiger partial charge in [-0.1, -0.05) is 59.8 Å². The summed E-state index contributed by atoms with van der Waals surface area (Å²) < 4.78 is 7.13. The van der Waals surface area contributed by atoms with E-state index in [9.17, 15) is 4.79 Å². The highest BCUT2D eigenvalue weighted by Crippen LogP contribution is 2.36. The minimum atomic E-state index is -0.519. The van der Waals surface area contributed by atoms with Crippen molar-refractivity contribution in [3.05, 3.63) is 87.3 Å². The summed E-state index contributed by atoms with van der Waals surface area (Å²) >= 11 is 9.27. The fraction of sp³-hybridized carbons (Fsp3) is 0.174. The monoisotopic (exact) mass is 484 g/mol. The zero-order chi connectivity index (χ0) is 22.5. The van der Waals surface area contributed by atoms with Gasteiger partial charge in [0.1, 0.15) is 16.8 Å². The van der Waals surface area contributed by atoms with E-state index < -0.39 is 5.25 Å². The average Bonchev–Trinajstić information content (AvgIpc) is 3.43. The molecule has 4 aromatic rings. The third-order valence-corrected chi connectivity index (χ3v) is 7.28. The Labute approximate surface area is 199 Å². The highest BCUT2D eigenvalue weighted by molar-refractivity contribution is 8.00. The fourth-order valence-electron chi connectivity index (χ4n) is 3.13. The number of amides is 1. The molecule has 2 aromatic carbocycles. The van der Waals surface area contributed by atoms with E-state index in [0.29, 0.717) is 28.0 Å². The van der Waals surface area contributed by atoms with Gasteiger partial charge >= 0.3 is 0 Å². The molecule has 32 heavy (non-hydrogen) atoms. The number of methoxy groups -OCH3 is 1. The van der Waals surface area contributed by atoms with Gasteiger partial charge in [-0.25, -0.2) is 0 Å². The van der Waals surface area contributed by atoms with Crippen molar-refractivity contribution < 1.29 is 9.53 Å². The van der Waals surface area contributed by atoms with Crippen LogP contribution in [0.2, 0.25) is 5.02 Å². The van der Waals surface area contributed by atoms with Crippen molar-refractivity contribution in [1.82, 2.24) is 14.8 Å². The highest BCUT2D eigenvalue weighted by Gasteiger charge is 2.25. The fourth-order valence-corrected chi connectivity index (χ4v) is 5.11. The number of ether oxygens (including phenoxy) is 1. The number of nitrogens with one attached hydrogen (secondary N) is 1. The van der Waals surface area contributed by atoms with Crippen LogP contribution >= 0.6 is 34.7 Å². The molecule has 164 valence electrons. The zero-order valence-electron chi connectivity index (χ0n) is 17.5. The topological polar surface area (TPSA) is 69.0 Å². The van der Waals surface area contributed by atoms with E-state index in [0.717, 1.165) is 11.4 Å². The first kappa shape index (κ1) is 22.4. The van der Waals surface area contributed by atoms with E-state index in [1.165, 1.54) is 16.6 Å². The van der Waals surface area contributed by atoms with Crippen LogP contribution in [0, 0.1) is 0 Å². The predicted molar refractivity (Wildman–Crippen MR) is 130 cm³/mol. The molecule has 1 atom stereocenters. The third kappa shape index (κ3) is 5.15. The van der Waals surface area contributed by atoms with Crippen LogP contribution in [0.1, 0.15) is 21.5 Å². The second kappa shape index (κ2) is 10.2. The number of thioether (sulfide) groups is 1. The van der Waals surface area contributed by atoms with Crippen LogP contribution in [0.5, 0.6) is 5.75 Å². The van der Waals surface area contributed by atoms with Gasteiger partial charge in [0.05, 0.1) is 12.1 Å².